The van der Waals surface area contributed by atoms with Crippen molar-refractivity contribution in [2.75, 3.05) is 19.6 Å². The van der Waals surface area contributed by atoms with Crippen LogP contribution in [-0.2, 0) is 20.9 Å². The van der Waals surface area contributed by atoms with Gasteiger partial charge in [0, 0.05) is 44.2 Å². The zero-order valence-electron chi connectivity index (χ0n) is 18.8. The molecule has 0 radical (unpaired) electrons. The molecule has 1 heterocycles. The Morgan fingerprint density at radius 3 is 2.22 bits per heavy atom. The Hall–Kier alpha value is -2.90. The van der Waals surface area contributed by atoms with Crippen LogP contribution in [0.4, 0.5) is 0 Å². The van der Waals surface area contributed by atoms with E-state index in [1.54, 1.807) is 29.2 Å². The van der Waals surface area contributed by atoms with Gasteiger partial charge in [-0.3, -0.25) is 19.2 Å². The number of likely N-dealkylation sites (tertiary alicyclic amines) is 1. The molecule has 1 aromatic rings. The summed E-state index contributed by atoms with van der Waals surface area (Å²) in [5, 5.41) is 8.48. The summed E-state index contributed by atoms with van der Waals surface area (Å²) in [6, 6.07) is 6.98. The number of rotatable bonds is 7. The number of piperidine rings is 1. The fraction of sp³-hybridized carbons (Fsp3) is 0.583. The molecular weight excluding hydrogens is 408 g/mol. The van der Waals surface area contributed by atoms with Crippen molar-refractivity contribution in [1.29, 1.82) is 0 Å². The van der Waals surface area contributed by atoms with E-state index < -0.39 is 11.8 Å². The van der Waals surface area contributed by atoms with Gasteiger partial charge in [-0.15, -0.1) is 0 Å². The molecule has 8 heteroatoms. The first-order valence-corrected chi connectivity index (χ1v) is 11.7. The lowest BCUT2D eigenvalue weighted by atomic mass is 10.0. The van der Waals surface area contributed by atoms with Crippen LogP contribution in [0.5, 0.6) is 0 Å². The summed E-state index contributed by atoms with van der Waals surface area (Å²) in [4.78, 5) is 50.3. The van der Waals surface area contributed by atoms with Gasteiger partial charge < -0.3 is 20.9 Å². The summed E-state index contributed by atoms with van der Waals surface area (Å²) in [6.07, 6.45) is 6.67. The van der Waals surface area contributed by atoms with E-state index in [0.29, 0.717) is 50.4 Å². The molecule has 32 heavy (non-hydrogen) atoms. The summed E-state index contributed by atoms with van der Waals surface area (Å²) in [6.45, 7) is 3.55. The second-order valence-electron chi connectivity index (χ2n) is 8.73. The average molecular weight is 443 g/mol. The first-order valence-electron chi connectivity index (χ1n) is 11.7. The molecule has 1 aliphatic heterocycles. The van der Waals surface area contributed by atoms with Crippen LogP contribution in [-0.4, -0.2) is 54.2 Å². The number of nitrogens with one attached hydrogen (secondary N) is 3. The SMILES string of the molecule is CCNC(=O)c1ccc(CNC(=O)C(=O)N2CCC(NC(=O)CC3CCCC3)CC2)cc1. The van der Waals surface area contributed by atoms with E-state index in [9.17, 15) is 19.2 Å². The van der Waals surface area contributed by atoms with Crippen LogP contribution in [0.25, 0.3) is 0 Å². The van der Waals surface area contributed by atoms with E-state index >= 15 is 0 Å². The third kappa shape index (κ3) is 6.80. The third-order valence-corrected chi connectivity index (χ3v) is 6.30. The zero-order chi connectivity index (χ0) is 22.9. The van der Waals surface area contributed by atoms with Gasteiger partial charge in [-0.25, -0.2) is 0 Å². The summed E-state index contributed by atoms with van der Waals surface area (Å²) in [5.41, 5.74) is 1.36. The largest absolute Gasteiger partial charge is 0.353 e. The molecule has 8 nitrogen and oxygen atoms in total. The molecule has 3 rings (SSSR count). The fourth-order valence-electron chi connectivity index (χ4n) is 4.43. The molecule has 1 aromatic carbocycles. The smallest absolute Gasteiger partial charge is 0.311 e. The van der Waals surface area contributed by atoms with Crippen molar-refractivity contribution < 1.29 is 19.2 Å². The van der Waals surface area contributed by atoms with Gasteiger partial charge in [-0.2, -0.15) is 0 Å². The Morgan fingerprint density at radius 1 is 0.938 bits per heavy atom. The number of nitrogens with zero attached hydrogens (tertiary/aromatic N) is 1. The molecule has 2 fully saturated rings. The first-order chi connectivity index (χ1) is 15.5. The molecule has 1 aliphatic carbocycles. The van der Waals surface area contributed by atoms with Crippen LogP contribution in [0.15, 0.2) is 24.3 Å². The Balaban J connectivity index is 1.37. The maximum Gasteiger partial charge on any atom is 0.311 e. The summed E-state index contributed by atoms with van der Waals surface area (Å²) in [7, 11) is 0. The molecule has 2 aliphatic rings. The van der Waals surface area contributed by atoms with Crippen LogP contribution in [0, 0.1) is 5.92 Å². The maximum atomic E-state index is 12.5. The lowest BCUT2D eigenvalue weighted by Gasteiger charge is -2.32. The highest BCUT2D eigenvalue weighted by molar-refractivity contribution is 6.35. The summed E-state index contributed by atoms with van der Waals surface area (Å²) >= 11 is 0. The van der Waals surface area contributed by atoms with E-state index in [1.165, 1.54) is 12.8 Å². The lowest BCUT2D eigenvalue weighted by Crippen LogP contribution is -2.50. The van der Waals surface area contributed by atoms with Crippen LogP contribution in [0.1, 0.15) is 67.8 Å². The zero-order valence-corrected chi connectivity index (χ0v) is 18.8. The first kappa shape index (κ1) is 23.8. The molecule has 0 aromatic heterocycles. The normalized spacial score (nSPS) is 17.1. The summed E-state index contributed by atoms with van der Waals surface area (Å²) < 4.78 is 0. The second-order valence-corrected chi connectivity index (χ2v) is 8.73. The minimum atomic E-state index is -0.637. The van der Waals surface area contributed by atoms with Crippen molar-refractivity contribution in [1.82, 2.24) is 20.9 Å². The van der Waals surface area contributed by atoms with Gasteiger partial charge in [0.2, 0.25) is 5.91 Å². The van der Waals surface area contributed by atoms with Crippen LogP contribution in [0.2, 0.25) is 0 Å². The van der Waals surface area contributed by atoms with Crippen LogP contribution in [0.3, 0.4) is 0 Å². The third-order valence-electron chi connectivity index (χ3n) is 6.30. The van der Waals surface area contributed by atoms with Crippen molar-refractivity contribution >= 4 is 23.6 Å². The minimum Gasteiger partial charge on any atom is -0.353 e. The number of hydrogen-bond acceptors (Lipinski definition) is 4. The number of benzene rings is 1. The topological polar surface area (TPSA) is 108 Å². The Morgan fingerprint density at radius 2 is 1.59 bits per heavy atom. The van der Waals surface area contributed by atoms with E-state index in [0.717, 1.165) is 18.4 Å². The molecule has 0 spiro atoms. The number of carbonyl (C=O) groups is 4. The molecular formula is C24H34N4O4. The standard InChI is InChI=1S/C24H34N4O4/c1-2-25-22(30)19-9-7-18(8-10-19)16-26-23(31)24(32)28-13-11-20(12-14-28)27-21(29)15-17-5-3-4-6-17/h7-10,17,20H,2-6,11-16H2,1H3,(H,25,30)(H,26,31)(H,27,29). The highest BCUT2D eigenvalue weighted by atomic mass is 16.2. The van der Waals surface area contributed by atoms with Gasteiger partial charge in [0.05, 0.1) is 0 Å². The van der Waals surface area contributed by atoms with Gasteiger partial charge in [0.1, 0.15) is 0 Å². The minimum absolute atomic E-state index is 0.0689. The lowest BCUT2D eigenvalue weighted by molar-refractivity contribution is -0.146. The van der Waals surface area contributed by atoms with Crippen LogP contribution >= 0.6 is 0 Å². The fourth-order valence-corrected chi connectivity index (χ4v) is 4.43. The highest BCUT2D eigenvalue weighted by Crippen LogP contribution is 2.27. The highest BCUT2D eigenvalue weighted by Gasteiger charge is 2.28. The van der Waals surface area contributed by atoms with Gasteiger partial charge in [-0.1, -0.05) is 25.0 Å². The van der Waals surface area contributed by atoms with Gasteiger partial charge >= 0.3 is 11.8 Å². The number of carbonyl (C=O) groups excluding carboxylic acids is 4. The molecule has 1 saturated carbocycles. The summed E-state index contributed by atoms with van der Waals surface area (Å²) in [5.74, 6) is -0.694. The van der Waals surface area contributed by atoms with E-state index in [1.807, 2.05) is 6.92 Å². The van der Waals surface area contributed by atoms with Gasteiger partial charge in [0.15, 0.2) is 0 Å². The molecule has 3 N–H and O–H groups in total. The number of amides is 4. The molecule has 0 atom stereocenters. The van der Waals surface area contributed by atoms with Gasteiger partial charge in [-0.05, 0) is 56.2 Å². The maximum absolute atomic E-state index is 12.5. The van der Waals surface area contributed by atoms with E-state index in [4.69, 9.17) is 0 Å². The Labute approximate surface area is 189 Å². The predicted octanol–water partition coefficient (Wildman–Crippen LogP) is 1.74. The van der Waals surface area contributed by atoms with E-state index in [2.05, 4.69) is 16.0 Å². The average Bonchev–Trinajstić information content (AvgIpc) is 3.31. The van der Waals surface area contributed by atoms with Gasteiger partial charge in [0.25, 0.3) is 5.91 Å². The molecule has 1 saturated heterocycles. The second kappa shape index (κ2) is 11.6. The predicted molar refractivity (Wildman–Crippen MR) is 121 cm³/mol. The van der Waals surface area contributed by atoms with Crippen molar-refractivity contribution in [2.24, 2.45) is 5.92 Å². The van der Waals surface area contributed by atoms with Crippen LogP contribution < -0.4 is 16.0 Å². The Kier molecular flexibility index (Phi) is 8.64. The Bertz CT molecular complexity index is 810. The molecule has 0 unspecified atom stereocenters. The van der Waals surface area contributed by atoms with Crippen molar-refractivity contribution in [3.05, 3.63) is 35.4 Å². The molecule has 4 amide bonds. The van der Waals surface area contributed by atoms with E-state index in [-0.39, 0.29) is 24.4 Å². The quantitative estimate of drug-likeness (QED) is 0.559. The van der Waals surface area contributed by atoms with Crippen molar-refractivity contribution in [2.45, 2.75) is 64.5 Å². The van der Waals surface area contributed by atoms with Crippen molar-refractivity contribution in [3.8, 4) is 0 Å². The number of hydrogen-bond donors (Lipinski definition) is 3. The van der Waals surface area contributed by atoms with Crippen molar-refractivity contribution in [3.63, 3.8) is 0 Å². The molecule has 174 valence electrons. The molecule has 0 bridgehead atoms. The monoisotopic (exact) mass is 442 g/mol.